The molecule has 0 bridgehead atoms. The average Bonchev–Trinajstić information content (AvgIpc) is 2.35. The molecule has 2 heteroatoms. The minimum Gasteiger partial charge on any atom is -0.289 e. The molecule has 0 heterocycles. The van der Waals surface area contributed by atoms with Crippen molar-refractivity contribution in [2.24, 2.45) is 0 Å². The summed E-state index contributed by atoms with van der Waals surface area (Å²) in [5.74, 6) is 0.766. The second kappa shape index (κ2) is 5.53. The first-order valence-electron chi connectivity index (χ1n) is 7.05. The Hall–Kier alpha value is -1.41. The number of ketones is 1. The highest BCUT2D eigenvalue weighted by Gasteiger charge is 2.20. The molecular weight excluding hydrogens is 312 g/mol. The maximum Gasteiger partial charge on any atom is 0.193 e. The molecule has 0 unspecified atom stereocenters. The van der Waals surface area contributed by atoms with Crippen molar-refractivity contribution in [1.82, 2.24) is 0 Å². The van der Waals surface area contributed by atoms with E-state index in [0.717, 1.165) is 21.2 Å². The van der Waals surface area contributed by atoms with E-state index >= 15 is 0 Å². The normalized spacial score (nSPS) is 14.9. The Balaban J connectivity index is 1.93. The van der Waals surface area contributed by atoms with E-state index < -0.39 is 0 Å². The molecule has 1 aliphatic rings. The van der Waals surface area contributed by atoms with Gasteiger partial charge in [0.1, 0.15) is 0 Å². The lowest BCUT2D eigenvalue weighted by molar-refractivity contribution is 0.103. The Morgan fingerprint density at radius 1 is 1.10 bits per heavy atom. The number of carbonyl (C=O) groups is 1. The Morgan fingerprint density at radius 2 is 1.90 bits per heavy atom. The highest BCUT2D eigenvalue weighted by molar-refractivity contribution is 9.10. The van der Waals surface area contributed by atoms with Crippen LogP contribution in [0.1, 0.15) is 52.2 Å². The smallest absolute Gasteiger partial charge is 0.193 e. The minimum atomic E-state index is 0.107. The van der Waals surface area contributed by atoms with Crippen LogP contribution in [0.15, 0.2) is 46.9 Å². The van der Waals surface area contributed by atoms with Gasteiger partial charge in [0.15, 0.2) is 5.78 Å². The predicted octanol–water partition coefficient (Wildman–Crippen LogP) is 5.26. The molecule has 0 saturated heterocycles. The molecule has 2 aromatic rings. The van der Waals surface area contributed by atoms with Crippen molar-refractivity contribution in [3.8, 4) is 0 Å². The Bertz CT molecular complexity index is 636. The van der Waals surface area contributed by atoms with E-state index in [4.69, 9.17) is 0 Å². The summed E-state index contributed by atoms with van der Waals surface area (Å²) in [4.78, 5) is 12.6. The quantitative estimate of drug-likeness (QED) is 0.702. The van der Waals surface area contributed by atoms with Crippen LogP contribution in [0.5, 0.6) is 0 Å². The molecular formula is C18H17BrO. The summed E-state index contributed by atoms with van der Waals surface area (Å²) in [7, 11) is 0. The molecule has 1 nitrogen and oxygen atoms in total. The van der Waals surface area contributed by atoms with Gasteiger partial charge in [-0.05, 0) is 61.1 Å². The van der Waals surface area contributed by atoms with Crippen LogP contribution >= 0.6 is 15.9 Å². The minimum absolute atomic E-state index is 0.107. The van der Waals surface area contributed by atoms with Crippen molar-refractivity contribution < 1.29 is 4.79 Å². The van der Waals surface area contributed by atoms with E-state index in [1.165, 1.54) is 24.8 Å². The fourth-order valence-electron chi connectivity index (χ4n) is 2.71. The van der Waals surface area contributed by atoms with Crippen molar-refractivity contribution in [1.29, 1.82) is 0 Å². The lowest BCUT2D eigenvalue weighted by atomic mass is 9.79. The van der Waals surface area contributed by atoms with Crippen LogP contribution in [0.2, 0.25) is 0 Å². The molecule has 1 saturated carbocycles. The molecule has 0 amide bonds. The van der Waals surface area contributed by atoms with Crippen molar-refractivity contribution >= 4 is 21.7 Å². The van der Waals surface area contributed by atoms with E-state index in [-0.39, 0.29) is 5.78 Å². The average molecular weight is 329 g/mol. The first-order chi connectivity index (χ1) is 9.63. The molecule has 2 aromatic carbocycles. The first-order valence-corrected chi connectivity index (χ1v) is 7.84. The van der Waals surface area contributed by atoms with Crippen LogP contribution in [0.25, 0.3) is 0 Å². The summed E-state index contributed by atoms with van der Waals surface area (Å²) in [5.41, 5.74) is 3.96. The Labute approximate surface area is 128 Å². The molecule has 0 N–H and O–H groups in total. The third-order valence-corrected chi connectivity index (χ3v) is 4.49. The van der Waals surface area contributed by atoms with Crippen LogP contribution < -0.4 is 0 Å². The molecule has 0 aliphatic heterocycles. The third-order valence-electron chi connectivity index (χ3n) is 4.03. The standard InChI is InChI=1S/C18H17BrO/c1-12-8-16(11-17(19)9-12)18(20)15-7-3-6-14(10-15)13-4-2-5-13/h3,6-11,13H,2,4-5H2,1H3. The van der Waals surface area contributed by atoms with E-state index in [1.54, 1.807) is 0 Å². The van der Waals surface area contributed by atoms with Crippen LogP contribution in [0, 0.1) is 6.92 Å². The summed E-state index contributed by atoms with van der Waals surface area (Å²) >= 11 is 3.46. The maximum absolute atomic E-state index is 12.6. The SMILES string of the molecule is Cc1cc(Br)cc(C(=O)c2cccc(C3CCC3)c2)c1. The lowest BCUT2D eigenvalue weighted by Gasteiger charge is -2.26. The summed E-state index contributed by atoms with van der Waals surface area (Å²) in [6, 6.07) is 14.0. The fourth-order valence-corrected chi connectivity index (χ4v) is 3.32. The molecule has 3 rings (SSSR count). The van der Waals surface area contributed by atoms with Crippen LogP contribution in [-0.2, 0) is 0 Å². The molecule has 0 aromatic heterocycles. The van der Waals surface area contributed by atoms with Gasteiger partial charge in [0.2, 0.25) is 0 Å². The number of halogens is 1. The predicted molar refractivity (Wildman–Crippen MR) is 85.3 cm³/mol. The zero-order valence-electron chi connectivity index (χ0n) is 11.5. The summed E-state index contributed by atoms with van der Waals surface area (Å²) in [6.45, 7) is 2.01. The van der Waals surface area contributed by atoms with Crippen LogP contribution in [0.3, 0.4) is 0 Å². The van der Waals surface area contributed by atoms with Gasteiger partial charge in [0.25, 0.3) is 0 Å². The van der Waals surface area contributed by atoms with Crippen molar-refractivity contribution in [2.75, 3.05) is 0 Å². The Kier molecular flexibility index (Phi) is 3.75. The van der Waals surface area contributed by atoms with Crippen molar-refractivity contribution in [3.63, 3.8) is 0 Å². The van der Waals surface area contributed by atoms with Gasteiger partial charge in [0.05, 0.1) is 0 Å². The molecule has 0 spiro atoms. The molecule has 0 radical (unpaired) electrons. The molecule has 1 fully saturated rings. The number of carbonyl (C=O) groups excluding carboxylic acids is 1. The zero-order valence-corrected chi connectivity index (χ0v) is 13.1. The van der Waals surface area contributed by atoms with Crippen LogP contribution in [0.4, 0.5) is 0 Å². The fraction of sp³-hybridized carbons (Fsp3) is 0.278. The highest BCUT2D eigenvalue weighted by Crippen LogP contribution is 2.36. The molecule has 102 valence electrons. The van der Waals surface area contributed by atoms with Gasteiger partial charge in [-0.25, -0.2) is 0 Å². The zero-order chi connectivity index (χ0) is 14.1. The number of hydrogen-bond donors (Lipinski definition) is 0. The van der Waals surface area contributed by atoms with Gasteiger partial charge >= 0.3 is 0 Å². The van der Waals surface area contributed by atoms with Gasteiger partial charge in [-0.1, -0.05) is 40.5 Å². The van der Waals surface area contributed by atoms with Gasteiger partial charge in [-0.15, -0.1) is 0 Å². The van der Waals surface area contributed by atoms with E-state index in [9.17, 15) is 4.79 Å². The molecule has 1 aliphatic carbocycles. The van der Waals surface area contributed by atoms with E-state index in [2.05, 4.69) is 28.1 Å². The summed E-state index contributed by atoms with van der Waals surface area (Å²) in [5, 5.41) is 0. The Morgan fingerprint density at radius 3 is 2.55 bits per heavy atom. The van der Waals surface area contributed by atoms with E-state index in [1.807, 2.05) is 37.3 Å². The van der Waals surface area contributed by atoms with Gasteiger partial charge in [0, 0.05) is 15.6 Å². The monoisotopic (exact) mass is 328 g/mol. The van der Waals surface area contributed by atoms with E-state index in [0.29, 0.717) is 5.92 Å². The summed E-state index contributed by atoms with van der Waals surface area (Å²) < 4.78 is 0.955. The first kappa shape index (κ1) is 13.6. The topological polar surface area (TPSA) is 17.1 Å². The largest absolute Gasteiger partial charge is 0.289 e. The second-order valence-corrected chi connectivity index (χ2v) is 6.52. The number of hydrogen-bond acceptors (Lipinski definition) is 1. The van der Waals surface area contributed by atoms with Crippen LogP contribution in [-0.4, -0.2) is 5.78 Å². The van der Waals surface area contributed by atoms with Crippen molar-refractivity contribution in [3.05, 3.63) is 69.2 Å². The molecule has 20 heavy (non-hydrogen) atoms. The third kappa shape index (κ3) is 2.71. The number of benzene rings is 2. The maximum atomic E-state index is 12.6. The summed E-state index contributed by atoms with van der Waals surface area (Å²) in [6.07, 6.45) is 3.83. The van der Waals surface area contributed by atoms with Gasteiger partial charge < -0.3 is 0 Å². The number of aryl methyl sites for hydroxylation is 1. The molecule has 0 atom stereocenters. The number of rotatable bonds is 3. The second-order valence-electron chi connectivity index (χ2n) is 5.60. The van der Waals surface area contributed by atoms with Crippen molar-refractivity contribution in [2.45, 2.75) is 32.1 Å². The lowest BCUT2D eigenvalue weighted by Crippen LogP contribution is -2.10. The van der Waals surface area contributed by atoms with Gasteiger partial charge in [-0.3, -0.25) is 4.79 Å². The highest BCUT2D eigenvalue weighted by atomic mass is 79.9. The van der Waals surface area contributed by atoms with Gasteiger partial charge in [-0.2, -0.15) is 0 Å².